The number of ether oxygens (including phenoxy) is 4. The lowest BCUT2D eigenvalue weighted by molar-refractivity contribution is -0.139. The molecule has 0 aliphatic carbocycles. The molecule has 0 saturated carbocycles. The number of imide groups is 3. The van der Waals surface area contributed by atoms with Crippen molar-refractivity contribution in [3.63, 3.8) is 0 Å². The highest BCUT2D eigenvalue weighted by atomic mass is 32.2. The number of carbonyl (C=O) groups is 6. The van der Waals surface area contributed by atoms with Crippen LogP contribution >= 0.6 is 11.8 Å². The molecule has 0 spiro atoms. The Kier molecular flexibility index (Phi) is 12.3. The zero-order valence-corrected chi connectivity index (χ0v) is 30.8. The predicted molar refractivity (Wildman–Crippen MR) is 195 cm³/mol. The van der Waals surface area contributed by atoms with Gasteiger partial charge in [0.15, 0.2) is 11.5 Å². The molecule has 3 heterocycles. The zero-order valence-electron chi connectivity index (χ0n) is 30.0. The smallest absolute Gasteiger partial charge is 0.420 e. The third kappa shape index (κ3) is 8.93. The van der Waals surface area contributed by atoms with Gasteiger partial charge in [-0.2, -0.15) is 18.4 Å². The topological polar surface area (TPSA) is 194 Å². The molecule has 6 rings (SSSR count). The Morgan fingerprint density at radius 2 is 1.68 bits per heavy atom. The normalized spacial score (nSPS) is 17.6. The third-order valence-corrected chi connectivity index (χ3v) is 9.76. The van der Waals surface area contributed by atoms with E-state index in [0.29, 0.717) is 29.1 Å². The SMILES string of the molecule is COc1cc(/C=C2/SC(=O)N(CCOCCOCCNc3cccc4c3C(=O)N(C3CCC(=O)NC3=O)C4=O)C2=O)ccc1Oc1ccc(C#N)cc1C(F)(F)F. The number of methoxy groups -OCH3 is 1. The highest BCUT2D eigenvalue weighted by Gasteiger charge is 2.45. The van der Waals surface area contributed by atoms with E-state index in [1.165, 1.54) is 43.5 Å². The van der Waals surface area contributed by atoms with Gasteiger partial charge in [-0.15, -0.1) is 0 Å². The van der Waals surface area contributed by atoms with E-state index in [-0.39, 0.29) is 85.5 Å². The summed E-state index contributed by atoms with van der Waals surface area (Å²) in [5.74, 6) is -3.49. The van der Waals surface area contributed by atoms with Crippen LogP contribution in [0.1, 0.15) is 50.2 Å². The molecular weight excluding hydrogens is 776 g/mol. The number of anilines is 1. The van der Waals surface area contributed by atoms with Crippen LogP contribution in [0.5, 0.6) is 17.2 Å². The fourth-order valence-electron chi connectivity index (χ4n) is 6.13. The number of benzene rings is 3. The summed E-state index contributed by atoms with van der Waals surface area (Å²) in [4.78, 5) is 77.8. The summed E-state index contributed by atoms with van der Waals surface area (Å²) in [6.07, 6.45) is -3.29. The number of carbonyl (C=O) groups excluding carboxylic acids is 6. The molecule has 3 aliphatic rings. The van der Waals surface area contributed by atoms with Crippen molar-refractivity contribution in [2.75, 3.05) is 51.9 Å². The van der Waals surface area contributed by atoms with Gasteiger partial charge in [0, 0.05) is 18.7 Å². The van der Waals surface area contributed by atoms with Crippen molar-refractivity contribution in [1.82, 2.24) is 15.1 Å². The Hall–Kier alpha value is -6.23. The molecule has 2 N–H and O–H groups in total. The van der Waals surface area contributed by atoms with Crippen LogP contribution in [-0.2, 0) is 30.0 Å². The lowest BCUT2D eigenvalue weighted by Gasteiger charge is -2.27. The van der Waals surface area contributed by atoms with Gasteiger partial charge in [-0.1, -0.05) is 12.1 Å². The molecule has 15 nitrogen and oxygen atoms in total. The molecule has 57 heavy (non-hydrogen) atoms. The summed E-state index contributed by atoms with van der Waals surface area (Å²) in [5.41, 5.74) is -0.248. The van der Waals surface area contributed by atoms with Crippen LogP contribution in [0, 0.1) is 11.3 Å². The van der Waals surface area contributed by atoms with Gasteiger partial charge >= 0.3 is 6.18 Å². The number of hydrogen-bond acceptors (Lipinski definition) is 13. The Morgan fingerprint density at radius 3 is 2.40 bits per heavy atom. The van der Waals surface area contributed by atoms with Gasteiger partial charge in [0.25, 0.3) is 23.0 Å². The van der Waals surface area contributed by atoms with Gasteiger partial charge < -0.3 is 24.3 Å². The number of alkyl halides is 3. The zero-order chi connectivity index (χ0) is 40.9. The predicted octanol–water partition coefficient (Wildman–Crippen LogP) is 4.96. The van der Waals surface area contributed by atoms with Gasteiger partial charge in [0.2, 0.25) is 11.8 Å². The highest BCUT2D eigenvalue weighted by Crippen LogP contribution is 2.42. The van der Waals surface area contributed by atoms with Gasteiger partial charge in [0.1, 0.15) is 11.8 Å². The number of amides is 6. The number of hydrogen-bond donors (Lipinski definition) is 2. The Balaban J connectivity index is 0.939. The van der Waals surface area contributed by atoms with E-state index >= 15 is 0 Å². The van der Waals surface area contributed by atoms with Crippen LogP contribution < -0.4 is 20.1 Å². The monoisotopic (exact) mass is 807 g/mol. The molecule has 0 bridgehead atoms. The number of thioether (sulfide) groups is 1. The van der Waals surface area contributed by atoms with Crippen molar-refractivity contribution < 1.29 is 60.9 Å². The molecule has 0 aromatic heterocycles. The van der Waals surface area contributed by atoms with Crippen molar-refractivity contribution in [2.45, 2.75) is 25.1 Å². The molecule has 0 radical (unpaired) electrons. The molecule has 6 amide bonds. The molecule has 3 aromatic carbocycles. The minimum Gasteiger partial charge on any atom is -0.493 e. The van der Waals surface area contributed by atoms with Gasteiger partial charge in [-0.25, -0.2) is 0 Å². The standard InChI is InChI=1S/C38H32F3N5O10S/c1-53-29-18-21(5-9-28(29)56-27-8-6-22(20-42)17-24(27)38(39,40)41)19-30-35(50)45(37(52)57-30)12-14-55-16-15-54-13-11-43-25-4-2-3-23-32(25)36(51)46(34(23)49)26-7-10-31(47)44-33(26)48/h2-6,8-9,17-19,26,43H,7,10-16H2,1H3,(H,44,47,48)/b30-19+. The van der Waals surface area contributed by atoms with Crippen molar-refractivity contribution in [2.24, 2.45) is 0 Å². The van der Waals surface area contributed by atoms with Crippen molar-refractivity contribution in [1.29, 1.82) is 5.26 Å². The molecule has 296 valence electrons. The first-order valence-corrected chi connectivity index (χ1v) is 18.1. The first-order valence-electron chi connectivity index (χ1n) is 17.3. The number of halogens is 3. The fraction of sp³-hybridized carbons (Fsp3) is 0.289. The summed E-state index contributed by atoms with van der Waals surface area (Å²) < 4.78 is 62.8. The molecule has 2 saturated heterocycles. The Bertz CT molecular complexity index is 2220. The number of nitrogens with one attached hydrogen (secondary N) is 2. The second-order valence-corrected chi connectivity index (χ2v) is 13.5. The van der Waals surface area contributed by atoms with E-state index < -0.39 is 58.3 Å². The average Bonchev–Trinajstić information content (AvgIpc) is 3.59. The van der Waals surface area contributed by atoms with Crippen LogP contribution in [0.3, 0.4) is 0 Å². The maximum Gasteiger partial charge on any atom is 0.420 e. The van der Waals surface area contributed by atoms with Crippen LogP contribution in [0.2, 0.25) is 0 Å². The largest absolute Gasteiger partial charge is 0.493 e. The van der Waals surface area contributed by atoms with Crippen molar-refractivity contribution in [3.8, 4) is 23.3 Å². The summed E-state index contributed by atoms with van der Waals surface area (Å²) >= 11 is 0.711. The molecule has 3 aromatic rings. The maximum atomic E-state index is 13.6. The number of piperidine rings is 1. The number of nitriles is 1. The van der Waals surface area contributed by atoms with Crippen molar-refractivity contribution in [3.05, 3.63) is 87.3 Å². The van der Waals surface area contributed by atoms with Crippen LogP contribution in [0.4, 0.5) is 23.7 Å². The van der Waals surface area contributed by atoms with Crippen molar-refractivity contribution >= 4 is 58.3 Å². The lowest BCUT2D eigenvalue weighted by Crippen LogP contribution is -2.54. The number of rotatable bonds is 15. The molecule has 2 fully saturated rings. The maximum absolute atomic E-state index is 13.6. The molecule has 1 atom stereocenters. The van der Waals surface area contributed by atoms with E-state index in [0.717, 1.165) is 15.9 Å². The van der Waals surface area contributed by atoms with Crippen LogP contribution in [-0.4, -0.2) is 97.2 Å². The van der Waals surface area contributed by atoms with E-state index in [2.05, 4.69) is 10.6 Å². The Morgan fingerprint density at radius 1 is 0.930 bits per heavy atom. The molecule has 1 unspecified atom stereocenters. The van der Waals surface area contributed by atoms with Crippen LogP contribution in [0.15, 0.2) is 59.5 Å². The van der Waals surface area contributed by atoms with Gasteiger partial charge in [-0.3, -0.25) is 43.9 Å². The first-order chi connectivity index (χ1) is 27.3. The second-order valence-electron chi connectivity index (χ2n) is 12.5. The van der Waals surface area contributed by atoms with E-state index in [1.807, 2.05) is 0 Å². The molecule has 3 aliphatic heterocycles. The minimum atomic E-state index is -4.79. The minimum absolute atomic E-state index is 0.0146. The number of fused-ring (bicyclic) bond motifs is 1. The van der Waals surface area contributed by atoms with Gasteiger partial charge in [0.05, 0.1) is 73.3 Å². The van der Waals surface area contributed by atoms with E-state index in [4.69, 9.17) is 24.2 Å². The second kappa shape index (κ2) is 17.3. The summed E-state index contributed by atoms with van der Waals surface area (Å²) in [6.45, 7) is 0.758. The summed E-state index contributed by atoms with van der Waals surface area (Å²) in [5, 5.41) is 13.7. The van der Waals surface area contributed by atoms with E-state index in [1.54, 1.807) is 18.2 Å². The third-order valence-electron chi connectivity index (χ3n) is 8.85. The lowest BCUT2D eigenvalue weighted by atomic mass is 10.0. The fourth-order valence-corrected chi connectivity index (χ4v) is 6.99. The number of nitrogens with zero attached hydrogens (tertiary/aromatic N) is 3. The van der Waals surface area contributed by atoms with Crippen LogP contribution in [0.25, 0.3) is 6.08 Å². The Labute approximate surface area is 326 Å². The summed E-state index contributed by atoms with van der Waals surface area (Å²) in [6, 6.07) is 12.5. The average molecular weight is 808 g/mol. The molecule has 19 heteroatoms. The molecular formula is C38H32F3N5O10S. The quantitative estimate of drug-likeness (QED) is 0.119. The summed E-state index contributed by atoms with van der Waals surface area (Å²) in [7, 11) is 1.29. The highest BCUT2D eigenvalue weighted by molar-refractivity contribution is 8.18. The first kappa shape index (κ1) is 40.4. The van der Waals surface area contributed by atoms with Gasteiger partial charge in [-0.05, 0) is 72.3 Å². The van der Waals surface area contributed by atoms with E-state index in [9.17, 15) is 41.9 Å².